The molecule has 5 heteroatoms. The van der Waals surface area contributed by atoms with Gasteiger partial charge in [-0.05, 0) is 92.4 Å². The monoisotopic (exact) mass is 429 g/mol. The van der Waals surface area contributed by atoms with Crippen molar-refractivity contribution in [3.63, 3.8) is 0 Å². The second kappa shape index (κ2) is 9.32. The quantitative estimate of drug-likeness (QED) is 0.567. The highest BCUT2D eigenvalue weighted by molar-refractivity contribution is 5.83. The molecular formula is C26H36FNO3. The molecule has 1 aromatic rings. The molecular weight excluding hydrogens is 393 g/mol. The Morgan fingerprint density at radius 2 is 1.77 bits per heavy atom. The first-order valence-electron chi connectivity index (χ1n) is 11.8. The van der Waals surface area contributed by atoms with E-state index in [0.717, 1.165) is 63.7 Å². The fourth-order valence-electron chi connectivity index (χ4n) is 5.81. The summed E-state index contributed by atoms with van der Waals surface area (Å²) in [4.78, 5) is 13.1. The molecule has 1 N–H and O–H groups in total. The summed E-state index contributed by atoms with van der Waals surface area (Å²) >= 11 is 0. The van der Waals surface area contributed by atoms with E-state index in [4.69, 9.17) is 9.47 Å². The van der Waals surface area contributed by atoms with Crippen molar-refractivity contribution in [1.82, 2.24) is 5.32 Å². The van der Waals surface area contributed by atoms with Gasteiger partial charge in [0.15, 0.2) is 0 Å². The van der Waals surface area contributed by atoms with Crippen LogP contribution in [0.1, 0.15) is 70.3 Å². The molecule has 1 aromatic carbocycles. The highest BCUT2D eigenvalue weighted by atomic mass is 19.1. The molecule has 0 aliphatic heterocycles. The second-order valence-electron chi connectivity index (χ2n) is 9.96. The van der Waals surface area contributed by atoms with Gasteiger partial charge < -0.3 is 14.8 Å². The Labute approximate surface area is 185 Å². The van der Waals surface area contributed by atoms with Crippen LogP contribution in [0.3, 0.4) is 0 Å². The number of rotatable bonds is 9. The van der Waals surface area contributed by atoms with E-state index in [0.29, 0.717) is 36.9 Å². The molecule has 4 saturated carbocycles. The van der Waals surface area contributed by atoms with E-state index in [1.54, 1.807) is 7.11 Å². The van der Waals surface area contributed by atoms with Gasteiger partial charge in [-0.15, -0.1) is 0 Å². The van der Waals surface area contributed by atoms with Crippen molar-refractivity contribution in [3.05, 3.63) is 41.7 Å². The first kappa shape index (κ1) is 22.3. The first-order valence-corrected chi connectivity index (χ1v) is 11.8. The predicted octanol–water partition coefficient (Wildman–Crippen LogP) is 5.46. The van der Waals surface area contributed by atoms with Gasteiger partial charge in [0, 0.05) is 25.2 Å². The maximum Gasteiger partial charge on any atom is 0.226 e. The van der Waals surface area contributed by atoms with Crippen LogP contribution in [0.2, 0.25) is 0 Å². The van der Waals surface area contributed by atoms with Gasteiger partial charge in [0.2, 0.25) is 5.91 Å². The summed E-state index contributed by atoms with van der Waals surface area (Å²) in [6, 6.07) is 8.69. The number of hydrogen-bond donors (Lipinski definition) is 1. The zero-order valence-electron chi connectivity index (χ0n) is 18.9. The van der Waals surface area contributed by atoms with Crippen LogP contribution in [0.4, 0.5) is 4.39 Å². The van der Waals surface area contributed by atoms with Gasteiger partial charge in [-0.25, -0.2) is 4.39 Å². The van der Waals surface area contributed by atoms with Crippen molar-refractivity contribution in [2.75, 3.05) is 20.3 Å². The Balaban J connectivity index is 1.32. The van der Waals surface area contributed by atoms with Crippen molar-refractivity contribution in [2.45, 2.75) is 76.2 Å². The van der Waals surface area contributed by atoms with Gasteiger partial charge in [-0.1, -0.05) is 19.1 Å². The lowest BCUT2D eigenvalue weighted by Crippen LogP contribution is -2.55. The molecule has 1 amide bonds. The average molecular weight is 430 g/mol. The van der Waals surface area contributed by atoms with Gasteiger partial charge in [0.1, 0.15) is 12.4 Å². The number of hydrogen-bond acceptors (Lipinski definition) is 3. The Kier molecular flexibility index (Phi) is 6.71. The van der Waals surface area contributed by atoms with Crippen molar-refractivity contribution in [1.29, 1.82) is 0 Å². The lowest BCUT2D eigenvalue weighted by Gasteiger charge is -2.53. The normalized spacial score (nSPS) is 32.4. The van der Waals surface area contributed by atoms with Gasteiger partial charge >= 0.3 is 0 Å². The lowest BCUT2D eigenvalue weighted by molar-refractivity contribution is -0.139. The third-order valence-electron chi connectivity index (χ3n) is 8.20. The van der Waals surface area contributed by atoms with Crippen molar-refractivity contribution in [3.8, 4) is 5.75 Å². The van der Waals surface area contributed by atoms with Crippen LogP contribution in [0.25, 0.3) is 0 Å². The fraction of sp³-hybridized carbons (Fsp3) is 0.654. The number of methoxy groups -OCH3 is 1. The number of halogens is 1. The minimum absolute atomic E-state index is 0.160. The van der Waals surface area contributed by atoms with E-state index >= 15 is 0 Å². The average Bonchev–Trinajstić information content (AvgIpc) is 2.80. The molecule has 170 valence electrons. The maximum absolute atomic E-state index is 13.1. The van der Waals surface area contributed by atoms with Crippen molar-refractivity contribution < 1.29 is 18.7 Å². The van der Waals surface area contributed by atoms with Crippen LogP contribution in [0, 0.1) is 11.3 Å². The zero-order valence-corrected chi connectivity index (χ0v) is 18.9. The molecule has 2 bridgehead atoms. The Bertz CT molecular complexity index is 773. The molecule has 4 aliphatic rings. The number of ether oxygens (including phenoxy) is 2. The van der Waals surface area contributed by atoms with Gasteiger partial charge in [-0.2, -0.15) is 0 Å². The van der Waals surface area contributed by atoms with Crippen LogP contribution >= 0.6 is 0 Å². The lowest BCUT2D eigenvalue weighted by atomic mass is 9.51. The molecule has 31 heavy (non-hydrogen) atoms. The number of amides is 1. The molecule has 4 aliphatic carbocycles. The Morgan fingerprint density at radius 3 is 2.32 bits per heavy atom. The minimum Gasteiger partial charge on any atom is -0.489 e. The summed E-state index contributed by atoms with van der Waals surface area (Å²) in [5.74, 6) is 1.67. The van der Waals surface area contributed by atoms with E-state index in [2.05, 4.69) is 17.4 Å². The molecule has 0 spiro atoms. The van der Waals surface area contributed by atoms with E-state index in [9.17, 15) is 9.18 Å². The molecule has 0 saturated heterocycles. The maximum atomic E-state index is 13.1. The van der Waals surface area contributed by atoms with Gasteiger partial charge in [0.05, 0.1) is 6.33 Å². The van der Waals surface area contributed by atoms with E-state index in [1.807, 2.05) is 19.1 Å². The minimum atomic E-state index is -0.160. The van der Waals surface area contributed by atoms with Gasteiger partial charge in [0.25, 0.3) is 0 Å². The summed E-state index contributed by atoms with van der Waals surface area (Å²) in [6.07, 6.45) is 9.55. The Morgan fingerprint density at radius 1 is 1.13 bits per heavy atom. The highest BCUT2D eigenvalue weighted by Crippen LogP contribution is 2.58. The molecule has 4 fully saturated rings. The largest absolute Gasteiger partial charge is 0.489 e. The zero-order chi connectivity index (χ0) is 21.9. The van der Waals surface area contributed by atoms with Crippen molar-refractivity contribution >= 4 is 5.91 Å². The van der Waals surface area contributed by atoms with Crippen LogP contribution < -0.4 is 10.1 Å². The fourth-order valence-corrected chi connectivity index (χ4v) is 5.81. The molecule has 0 radical (unpaired) electrons. The first-order chi connectivity index (χ1) is 15.0. The number of nitrogens with one attached hydrogen (secondary N) is 1. The standard InChI is InChI=1S/C26H36FNO3/c1-3-19(16-27)18-31-23-6-4-21(5-7-23)25-8-11-26(12-9-25,13-10-25)24(29)28-22-14-20(15-22)17-30-2/h4-7,16,20,22H,3,8-15,17-18H2,1-2H3,(H,28,29)/b19-16+. The summed E-state index contributed by atoms with van der Waals surface area (Å²) in [7, 11) is 1.74. The molecule has 5 rings (SSSR count). The number of carbonyl (C=O) groups excluding carboxylic acids is 1. The van der Waals surface area contributed by atoms with E-state index in [-0.39, 0.29) is 16.7 Å². The molecule has 0 heterocycles. The van der Waals surface area contributed by atoms with Gasteiger partial charge in [-0.3, -0.25) is 4.79 Å². The molecule has 4 nitrogen and oxygen atoms in total. The summed E-state index contributed by atoms with van der Waals surface area (Å²) in [6.45, 7) is 3.02. The number of benzene rings is 1. The molecule has 0 aromatic heterocycles. The summed E-state index contributed by atoms with van der Waals surface area (Å²) < 4.78 is 23.7. The van der Waals surface area contributed by atoms with Crippen LogP contribution in [-0.2, 0) is 14.9 Å². The smallest absolute Gasteiger partial charge is 0.226 e. The number of fused-ring (bicyclic) bond motifs is 3. The highest BCUT2D eigenvalue weighted by Gasteiger charge is 2.53. The van der Waals surface area contributed by atoms with E-state index < -0.39 is 0 Å². The van der Waals surface area contributed by atoms with Crippen molar-refractivity contribution in [2.24, 2.45) is 11.3 Å². The van der Waals surface area contributed by atoms with Crippen LogP contribution in [-0.4, -0.2) is 32.3 Å². The molecule has 0 unspecified atom stereocenters. The Hall–Kier alpha value is -1.88. The third-order valence-corrected chi connectivity index (χ3v) is 8.20. The van der Waals surface area contributed by atoms with Crippen LogP contribution in [0.15, 0.2) is 36.2 Å². The third kappa shape index (κ3) is 4.52. The topological polar surface area (TPSA) is 47.6 Å². The summed E-state index contributed by atoms with van der Waals surface area (Å²) in [5, 5.41) is 3.34. The van der Waals surface area contributed by atoms with E-state index in [1.165, 1.54) is 5.56 Å². The predicted molar refractivity (Wildman–Crippen MR) is 120 cm³/mol. The summed E-state index contributed by atoms with van der Waals surface area (Å²) in [5.41, 5.74) is 2.04. The van der Waals surface area contributed by atoms with Crippen LogP contribution in [0.5, 0.6) is 5.75 Å². The molecule has 0 atom stereocenters. The second-order valence-corrected chi connectivity index (χ2v) is 9.96. The SMILES string of the molecule is CC/C(=C\F)COc1ccc(C23CCC(C(=O)NC4CC(COC)C4)(CC2)CC3)cc1. The number of carbonyl (C=O) groups is 1.